The first-order valence-electron chi connectivity index (χ1n) is 17.7. The number of likely N-dealkylation sites (N-methyl/N-ethyl adjacent to an activating group) is 1. The summed E-state index contributed by atoms with van der Waals surface area (Å²) in [5, 5.41) is 9.09. The SMILES string of the molecule is CCOC(=O)C1Cc2c(cccc2C(=O)Nc2ccc(C(=O)Nc3ccc(C)cc3OCCCCCC(=O)N3CCN(C)CC3)cc2COC)N1. The zero-order valence-corrected chi connectivity index (χ0v) is 30.0. The van der Waals surface area contributed by atoms with Gasteiger partial charge < -0.3 is 40.0 Å². The molecule has 3 aromatic carbocycles. The molecule has 0 aromatic heterocycles. The number of anilines is 3. The van der Waals surface area contributed by atoms with Crippen LogP contribution in [0.5, 0.6) is 5.75 Å². The first kappa shape index (κ1) is 37.3. The molecule has 0 spiro atoms. The van der Waals surface area contributed by atoms with Gasteiger partial charge in [0.1, 0.15) is 11.8 Å². The highest BCUT2D eigenvalue weighted by molar-refractivity contribution is 6.08. The van der Waals surface area contributed by atoms with Crippen molar-refractivity contribution in [1.29, 1.82) is 0 Å². The van der Waals surface area contributed by atoms with Crippen LogP contribution in [0.1, 0.15) is 70.0 Å². The number of methoxy groups -OCH3 is 1. The van der Waals surface area contributed by atoms with Gasteiger partial charge in [0.25, 0.3) is 11.8 Å². The number of unbranched alkanes of at least 4 members (excludes halogenated alkanes) is 2. The van der Waals surface area contributed by atoms with Crippen LogP contribution in [0.25, 0.3) is 0 Å². The fraction of sp³-hybridized carbons (Fsp3) is 0.436. The zero-order chi connectivity index (χ0) is 36.3. The van der Waals surface area contributed by atoms with Gasteiger partial charge in [-0.1, -0.05) is 12.1 Å². The van der Waals surface area contributed by atoms with E-state index in [0.717, 1.165) is 62.3 Å². The van der Waals surface area contributed by atoms with Crippen molar-refractivity contribution in [2.24, 2.45) is 0 Å². The number of esters is 1. The third-order valence-electron chi connectivity index (χ3n) is 9.18. The largest absolute Gasteiger partial charge is 0.491 e. The topological polar surface area (TPSA) is 139 Å². The van der Waals surface area contributed by atoms with Crippen LogP contribution in [0.15, 0.2) is 54.6 Å². The number of ether oxygens (including phenoxy) is 3. The molecule has 12 nitrogen and oxygen atoms in total. The van der Waals surface area contributed by atoms with Crippen molar-refractivity contribution in [1.82, 2.24) is 9.80 Å². The molecule has 0 bridgehead atoms. The summed E-state index contributed by atoms with van der Waals surface area (Å²) in [4.78, 5) is 56.0. The Morgan fingerprint density at radius 2 is 1.67 bits per heavy atom. The number of carbonyl (C=O) groups is 4. The van der Waals surface area contributed by atoms with Crippen LogP contribution in [-0.2, 0) is 32.1 Å². The van der Waals surface area contributed by atoms with E-state index in [-0.39, 0.29) is 36.9 Å². The van der Waals surface area contributed by atoms with E-state index in [1.54, 1.807) is 44.4 Å². The van der Waals surface area contributed by atoms with Gasteiger partial charge in [-0.25, -0.2) is 4.79 Å². The van der Waals surface area contributed by atoms with Gasteiger partial charge in [-0.2, -0.15) is 0 Å². The number of piperazine rings is 1. The summed E-state index contributed by atoms with van der Waals surface area (Å²) >= 11 is 0. The van der Waals surface area contributed by atoms with Crippen LogP contribution in [0.4, 0.5) is 17.1 Å². The number of rotatable bonds is 15. The number of nitrogens with one attached hydrogen (secondary N) is 3. The van der Waals surface area contributed by atoms with Crippen LogP contribution in [-0.4, -0.2) is 93.1 Å². The second-order valence-electron chi connectivity index (χ2n) is 13.0. The lowest BCUT2D eigenvalue weighted by molar-refractivity contribution is -0.143. The maximum Gasteiger partial charge on any atom is 0.328 e. The predicted octanol–water partition coefficient (Wildman–Crippen LogP) is 5.26. The molecular formula is C39H49N5O7. The highest BCUT2D eigenvalue weighted by Crippen LogP contribution is 2.31. The molecule has 1 fully saturated rings. The van der Waals surface area contributed by atoms with E-state index in [4.69, 9.17) is 14.2 Å². The fourth-order valence-corrected chi connectivity index (χ4v) is 6.30. The quantitative estimate of drug-likeness (QED) is 0.143. The molecule has 1 unspecified atom stereocenters. The Hall–Kier alpha value is -4.94. The van der Waals surface area contributed by atoms with Crippen LogP contribution < -0.4 is 20.7 Å². The molecule has 12 heteroatoms. The Balaban J connectivity index is 1.17. The molecule has 1 atom stereocenters. The molecule has 5 rings (SSSR count). The van der Waals surface area contributed by atoms with Crippen LogP contribution in [0.2, 0.25) is 0 Å². The monoisotopic (exact) mass is 699 g/mol. The summed E-state index contributed by atoms with van der Waals surface area (Å²) in [5.41, 5.74) is 4.98. The summed E-state index contributed by atoms with van der Waals surface area (Å²) in [6, 6.07) is 15.4. The van der Waals surface area contributed by atoms with Gasteiger partial charge in [0.05, 0.1) is 25.5 Å². The minimum absolute atomic E-state index is 0.163. The maximum absolute atomic E-state index is 13.5. The normalized spacial score (nSPS) is 15.5. The second kappa shape index (κ2) is 17.8. The molecule has 2 aliphatic heterocycles. The first-order chi connectivity index (χ1) is 24.7. The van der Waals surface area contributed by atoms with Gasteiger partial charge in [0, 0.05) is 74.2 Å². The average molecular weight is 700 g/mol. The molecule has 1 saturated heterocycles. The molecule has 2 heterocycles. The van der Waals surface area contributed by atoms with Gasteiger partial charge in [0.2, 0.25) is 5.91 Å². The Labute approximate surface area is 299 Å². The lowest BCUT2D eigenvalue weighted by Gasteiger charge is -2.32. The number of hydrogen-bond acceptors (Lipinski definition) is 9. The molecular weight excluding hydrogens is 650 g/mol. The third-order valence-corrected chi connectivity index (χ3v) is 9.18. The van der Waals surface area contributed by atoms with Crippen molar-refractivity contribution >= 4 is 40.8 Å². The maximum atomic E-state index is 13.5. The number of aryl methyl sites for hydroxylation is 1. The Bertz CT molecular complexity index is 1720. The van der Waals surface area contributed by atoms with Crippen LogP contribution in [0.3, 0.4) is 0 Å². The van der Waals surface area contributed by atoms with E-state index < -0.39 is 6.04 Å². The molecule has 272 valence electrons. The standard InChI is InChI=1S/C39H49N5O7/c1-5-50-39(48)34-24-30-29(10-9-11-32(30)40-34)38(47)41-31-16-14-27(23-28(31)25-49-4)37(46)42-33-15-13-26(2)22-35(33)51-21-8-6-7-12-36(45)44-19-17-43(3)18-20-44/h9-11,13-16,22-23,34,40H,5-8,12,17-21,24-25H2,1-4H3,(H,41,47)(H,42,46). The van der Waals surface area contributed by atoms with Crippen molar-refractivity contribution in [2.75, 3.05) is 69.5 Å². The third kappa shape index (κ3) is 9.86. The van der Waals surface area contributed by atoms with Crippen molar-refractivity contribution < 1.29 is 33.4 Å². The molecule has 3 amide bonds. The summed E-state index contributed by atoms with van der Waals surface area (Å²) in [7, 11) is 3.62. The number of hydrogen-bond donors (Lipinski definition) is 3. The zero-order valence-electron chi connectivity index (χ0n) is 30.0. The summed E-state index contributed by atoms with van der Waals surface area (Å²) in [5.74, 6) is -0.233. The average Bonchev–Trinajstić information content (AvgIpc) is 3.57. The van der Waals surface area contributed by atoms with E-state index in [0.29, 0.717) is 53.3 Å². The Kier molecular flexibility index (Phi) is 13.0. The molecule has 2 aliphatic rings. The predicted molar refractivity (Wildman–Crippen MR) is 196 cm³/mol. The van der Waals surface area contributed by atoms with E-state index in [1.807, 2.05) is 36.1 Å². The van der Waals surface area contributed by atoms with Gasteiger partial charge >= 0.3 is 5.97 Å². The lowest BCUT2D eigenvalue weighted by Crippen LogP contribution is -2.47. The number of amides is 3. The van der Waals surface area contributed by atoms with Crippen molar-refractivity contribution in [3.8, 4) is 5.75 Å². The number of benzene rings is 3. The second-order valence-corrected chi connectivity index (χ2v) is 13.0. The van der Waals surface area contributed by atoms with Crippen LogP contribution in [0, 0.1) is 6.92 Å². The Morgan fingerprint density at radius 3 is 2.43 bits per heavy atom. The first-order valence-corrected chi connectivity index (χ1v) is 17.7. The van der Waals surface area contributed by atoms with Crippen molar-refractivity contribution in [2.45, 2.75) is 58.6 Å². The molecule has 0 radical (unpaired) electrons. The molecule has 0 saturated carbocycles. The summed E-state index contributed by atoms with van der Waals surface area (Å²) < 4.78 is 16.7. The Morgan fingerprint density at radius 1 is 0.902 bits per heavy atom. The minimum atomic E-state index is -0.551. The van der Waals surface area contributed by atoms with Crippen LogP contribution >= 0.6 is 0 Å². The fourth-order valence-electron chi connectivity index (χ4n) is 6.30. The van der Waals surface area contributed by atoms with Crippen molar-refractivity contribution in [3.63, 3.8) is 0 Å². The smallest absolute Gasteiger partial charge is 0.328 e. The molecule has 3 N–H and O–H groups in total. The number of fused-ring (bicyclic) bond motifs is 1. The minimum Gasteiger partial charge on any atom is -0.491 e. The summed E-state index contributed by atoms with van der Waals surface area (Å²) in [6.45, 7) is 8.05. The molecule has 51 heavy (non-hydrogen) atoms. The van der Waals surface area contributed by atoms with E-state index in [2.05, 4.69) is 27.9 Å². The molecule has 0 aliphatic carbocycles. The van der Waals surface area contributed by atoms with E-state index in [9.17, 15) is 19.2 Å². The number of nitrogens with zero attached hydrogens (tertiary/aromatic N) is 2. The molecule has 3 aromatic rings. The van der Waals surface area contributed by atoms with Gasteiger partial charge in [-0.3, -0.25) is 14.4 Å². The van der Waals surface area contributed by atoms with E-state index >= 15 is 0 Å². The lowest BCUT2D eigenvalue weighted by atomic mass is 10.0. The summed E-state index contributed by atoms with van der Waals surface area (Å²) in [6.07, 6.45) is 3.36. The van der Waals surface area contributed by atoms with Crippen molar-refractivity contribution in [3.05, 3.63) is 82.4 Å². The number of carbonyl (C=O) groups excluding carboxylic acids is 4. The highest BCUT2D eigenvalue weighted by Gasteiger charge is 2.31. The van der Waals surface area contributed by atoms with Gasteiger partial charge in [-0.15, -0.1) is 0 Å². The van der Waals surface area contributed by atoms with Gasteiger partial charge in [-0.05, 0) is 93.7 Å². The van der Waals surface area contributed by atoms with Gasteiger partial charge in [0.15, 0.2) is 0 Å². The van der Waals surface area contributed by atoms with E-state index in [1.165, 1.54) is 0 Å². The highest BCUT2D eigenvalue weighted by atomic mass is 16.5.